The molecule has 0 aliphatic carbocycles. The second-order valence-corrected chi connectivity index (χ2v) is 5.28. The van der Waals surface area contributed by atoms with Crippen LogP contribution in [0.2, 0.25) is 0 Å². The van der Waals surface area contributed by atoms with Crippen molar-refractivity contribution in [1.29, 1.82) is 0 Å². The van der Waals surface area contributed by atoms with Crippen molar-refractivity contribution in [2.45, 2.75) is 32.8 Å². The van der Waals surface area contributed by atoms with Gasteiger partial charge in [-0.2, -0.15) is 0 Å². The maximum absolute atomic E-state index is 11.9. The number of nitrogen functional groups attached to an aromatic ring is 1. The van der Waals surface area contributed by atoms with E-state index >= 15 is 0 Å². The van der Waals surface area contributed by atoms with Crippen molar-refractivity contribution in [2.24, 2.45) is 0 Å². The molecule has 1 amide bonds. The van der Waals surface area contributed by atoms with E-state index < -0.39 is 0 Å². The molecule has 0 aliphatic heterocycles. The van der Waals surface area contributed by atoms with Gasteiger partial charge in [-0.1, -0.05) is 6.07 Å². The van der Waals surface area contributed by atoms with Gasteiger partial charge >= 0.3 is 0 Å². The van der Waals surface area contributed by atoms with Gasteiger partial charge < -0.3 is 21.1 Å². The molecule has 0 saturated carbocycles. The molecule has 0 aliphatic rings. The van der Waals surface area contributed by atoms with E-state index in [9.17, 15) is 9.90 Å². The molecule has 0 bridgehead atoms. The summed E-state index contributed by atoms with van der Waals surface area (Å²) < 4.78 is 0. The Morgan fingerprint density at radius 1 is 1.50 bits per heavy atom. The summed E-state index contributed by atoms with van der Waals surface area (Å²) in [6.45, 7) is 5.05. The van der Waals surface area contributed by atoms with Gasteiger partial charge in [0.1, 0.15) is 0 Å². The highest BCUT2D eigenvalue weighted by Gasteiger charge is 2.08. The van der Waals surface area contributed by atoms with E-state index in [-0.39, 0.29) is 12.0 Å². The number of aliphatic hydroxyl groups is 1. The van der Waals surface area contributed by atoms with E-state index in [4.69, 9.17) is 5.73 Å². The molecular weight excluding hydrogens is 254 g/mol. The number of nitrogens with zero attached hydrogens (tertiary/aromatic N) is 1. The fourth-order valence-corrected chi connectivity index (χ4v) is 2.05. The Bertz CT molecular complexity index is 447. The summed E-state index contributed by atoms with van der Waals surface area (Å²) in [7, 11) is 1.94. The molecule has 20 heavy (non-hydrogen) atoms. The zero-order valence-electron chi connectivity index (χ0n) is 12.5. The average Bonchev–Trinajstić information content (AvgIpc) is 2.34. The van der Waals surface area contributed by atoms with Crippen LogP contribution >= 0.6 is 0 Å². The number of anilines is 2. The van der Waals surface area contributed by atoms with Crippen LogP contribution in [0.1, 0.15) is 25.3 Å². The third-order valence-corrected chi connectivity index (χ3v) is 3.17. The number of hydrogen-bond acceptors (Lipinski definition) is 4. The molecule has 5 nitrogen and oxygen atoms in total. The van der Waals surface area contributed by atoms with Crippen molar-refractivity contribution < 1.29 is 9.90 Å². The van der Waals surface area contributed by atoms with Gasteiger partial charge in [0.25, 0.3) is 0 Å². The number of hydrogen-bond donors (Lipinski definition) is 3. The standard InChI is InChI=1S/C15H25N3O2/c1-11(19)10-18(3)9-5-8-15(20)17-14-7-4-6-13(16)12(14)2/h4,6-7,11,19H,5,8-10,16H2,1-3H3,(H,17,20). The fourth-order valence-electron chi connectivity index (χ4n) is 2.05. The fraction of sp³-hybridized carbons (Fsp3) is 0.533. The summed E-state index contributed by atoms with van der Waals surface area (Å²) in [6, 6.07) is 5.49. The molecule has 1 aromatic rings. The molecule has 5 heteroatoms. The predicted octanol–water partition coefficient (Wildman–Crippen LogP) is 1.61. The Morgan fingerprint density at radius 2 is 2.20 bits per heavy atom. The number of nitrogens with one attached hydrogen (secondary N) is 1. The Kier molecular flexibility index (Phi) is 6.48. The zero-order valence-corrected chi connectivity index (χ0v) is 12.5. The van der Waals surface area contributed by atoms with Gasteiger partial charge in [0, 0.05) is 24.3 Å². The third kappa shape index (κ3) is 5.59. The maximum Gasteiger partial charge on any atom is 0.224 e. The molecule has 0 saturated heterocycles. The average molecular weight is 279 g/mol. The summed E-state index contributed by atoms with van der Waals surface area (Å²) in [5.74, 6) is -0.0100. The Hall–Kier alpha value is -1.59. The molecule has 1 unspecified atom stereocenters. The van der Waals surface area contributed by atoms with Crippen LogP contribution in [0.3, 0.4) is 0 Å². The van der Waals surface area contributed by atoms with Crippen LogP contribution in [0.25, 0.3) is 0 Å². The highest BCUT2D eigenvalue weighted by atomic mass is 16.3. The van der Waals surface area contributed by atoms with Gasteiger partial charge in [0.15, 0.2) is 0 Å². The molecule has 1 atom stereocenters. The molecular formula is C15H25N3O2. The van der Waals surface area contributed by atoms with Crippen molar-refractivity contribution in [3.8, 4) is 0 Å². The number of carbonyl (C=O) groups excluding carboxylic acids is 1. The topological polar surface area (TPSA) is 78.6 Å². The minimum Gasteiger partial charge on any atom is -0.398 e. The van der Waals surface area contributed by atoms with Gasteiger partial charge in [0.05, 0.1) is 6.10 Å². The van der Waals surface area contributed by atoms with E-state index in [1.54, 1.807) is 6.92 Å². The van der Waals surface area contributed by atoms with Crippen LogP contribution in [0.5, 0.6) is 0 Å². The molecule has 0 radical (unpaired) electrons. The predicted molar refractivity (Wildman–Crippen MR) is 82.6 cm³/mol. The number of rotatable bonds is 7. The number of carbonyl (C=O) groups is 1. The number of likely N-dealkylation sites (N-methyl/N-ethyl adjacent to an activating group) is 1. The first kappa shape index (κ1) is 16.5. The highest BCUT2D eigenvalue weighted by Crippen LogP contribution is 2.20. The van der Waals surface area contributed by atoms with Gasteiger partial charge in [-0.25, -0.2) is 0 Å². The lowest BCUT2D eigenvalue weighted by Crippen LogP contribution is -2.28. The van der Waals surface area contributed by atoms with Crippen LogP contribution in [0.4, 0.5) is 11.4 Å². The van der Waals surface area contributed by atoms with Crippen molar-refractivity contribution in [1.82, 2.24) is 4.90 Å². The van der Waals surface area contributed by atoms with E-state index in [0.29, 0.717) is 18.7 Å². The third-order valence-electron chi connectivity index (χ3n) is 3.17. The largest absolute Gasteiger partial charge is 0.398 e. The highest BCUT2D eigenvalue weighted by molar-refractivity contribution is 5.92. The van der Waals surface area contributed by atoms with Gasteiger partial charge in [-0.05, 0) is 51.6 Å². The van der Waals surface area contributed by atoms with E-state index in [1.165, 1.54) is 0 Å². The number of amides is 1. The number of benzene rings is 1. The molecule has 1 aromatic carbocycles. The molecule has 0 aromatic heterocycles. The zero-order chi connectivity index (χ0) is 15.1. The van der Waals surface area contributed by atoms with Crippen LogP contribution in [0, 0.1) is 6.92 Å². The quantitative estimate of drug-likeness (QED) is 0.663. The smallest absolute Gasteiger partial charge is 0.224 e. The van der Waals surface area contributed by atoms with Gasteiger partial charge in [-0.3, -0.25) is 4.79 Å². The summed E-state index contributed by atoms with van der Waals surface area (Å²) in [6.07, 6.45) is 0.873. The lowest BCUT2D eigenvalue weighted by Gasteiger charge is -2.18. The minimum absolute atomic E-state index is 0.0100. The van der Waals surface area contributed by atoms with Crippen molar-refractivity contribution >= 4 is 17.3 Å². The number of nitrogens with two attached hydrogens (primary N) is 1. The summed E-state index contributed by atoms with van der Waals surface area (Å²) >= 11 is 0. The van der Waals surface area contributed by atoms with Crippen molar-refractivity contribution in [2.75, 3.05) is 31.2 Å². The van der Waals surface area contributed by atoms with E-state index in [2.05, 4.69) is 5.32 Å². The normalized spacial score (nSPS) is 12.4. The lowest BCUT2D eigenvalue weighted by molar-refractivity contribution is -0.116. The lowest BCUT2D eigenvalue weighted by atomic mass is 10.1. The van der Waals surface area contributed by atoms with Crippen LogP contribution in [-0.4, -0.2) is 42.2 Å². The van der Waals surface area contributed by atoms with E-state index in [0.717, 1.165) is 24.2 Å². The van der Waals surface area contributed by atoms with Gasteiger partial charge in [-0.15, -0.1) is 0 Å². The minimum atomic E-state index is -0.344. The Labute approximate surface area is 120 Å². The molecule has 0 fully saturated rings. The molecule has 0 heterocycles. The second-order valence-electron chi connectivity index (χ2n) is 5.28. The van der Waals surface area contributed by atoms with Crippen LogP contribution < -0.4 is 11.1 Å². The monoisotopic (exact) mass is 279 g/mol. The first-order chi connectivity index (χ1) is 9.40. The first-order valence-electron chi connectivity index (χ1n) is 6.91. The second kappa shape index (κ2) is 7.87. The molecule has 112 valence electrons. The van der Waals surface area contributed by atoms with Crippen molar-refractivity contribution in [3.63, 3.8) is 0 Å². The van der Waals surface area contributed by atoms with Crippen LogP contribution in [-0.2, 0) is 4.79 Å². The van der Waals surface area contributed by atoms with Crippen molar-refractivity contribution in [3.05, 3.63) is 23.8 Å². The summed E-state index contributed by atoms with van der Waals surface area (Å²) in [5.41, 5.74) is 8.15. The Morgan fingerprint density at radius 3 is 2.85 bits per heavy atom. The molecule has 1 rings (SSSR count). The Balaban J connectivity index is 2.35. The summed E-state index contributed by atoms with van der Waals surface area (Å²) in [5, 5.41) is 12.1. The number of aliphatic hydroxyl groups excluding tert-OH is 1. The molecule has 0 spiro atoms. The maximum atomic E-state index is 11.9. The summed E-state index contributed by atoms with van der Waals surface area (Å²) in [4.78, 5) is 13.9. The molecule has 4 N–H and O–H groups in total. The first-order valence-corrected chi connectivity index (χ1v) is 6.91. The van der Waals surface area contributed by atoms with Gasteiger partial charge in [0.2, 0.25) is 5.91 Å². The SMILES string of the molecule is Cc1c(N)cccc1NC(=O)CCCN(C)CC(C)O. The van der Waals surface area contributed by atoms with Crippen LogP contribution in [0.15, 0.2) is 18.2 Å². The van der Waals surface area contributed by atoms with E-state index in [1.807, 2.05) is 37.1 Å².